The lowest BCUT2D eigenvalue weighted by Gasteiger charge is -2.19. The van der Waals surface area contributed by atoms with E-state index in [9.17, 15) is 9.59 Å². The molecule has 168 valence electrons. The van der Waals surface area contributed by atoms with Crippen LogP contribution in [0.5, 0.6) is 11.5 Å². The lowest BCUT2D eigenvalue weighted by Crippen LogP contribution is -2.28. The molecule has 7 heteroatoms. The van der Waals surface area contributed by atoms with Crippen molar-refractivity contribution in [3.05, 3.63) is 53.6 Å². The fourth-order valence-corrected chi connectivity index (χ4v) is 3.13. The summed E-state index contributed by atoms with van der Waals surface area (Å²) in [4.78, 5) is 26.8. The second-order valence-corrected chi connectivity index (χ2v) is 7.11. The molecular formula is C24H33N3O4. The Morgan fingerprint density at radius 3 is 2.45 bits per heavy atom. The van der Waals surface area contributed by atoms with Crippen LogP contribution in [0.3, 0.4) is 0 Å². The molecule has 0 aliphatic rings. The third-order valence-corrected chi connectivity index (χ3v) is 5.03. The van der Waals surface area contributed by atoms with Gasteiger partial charge in [-0.25, -0.2) is 0 Å². The molecular weight excluding hydrogens is 394 g/mol. The highest BCUT2D eigenvalue weighted by Crippen LogP contribution is 2.30. The number of hydrogen-bond acceptors (Lipinski definition) is 5. The van der Waals surface area contributed by atoms with Crippen LogP contribution in [0, 0.1) is 6.92 Å². The maximum Gasteiger partial charge on any atom is 0.251 e. The number of nitrogens with one attached hydrogen (secondary N) is 2. The van der Waals surface area contributed by atoms with Gasteiger partial charge in [0.05, 0.1) is 7.11 Å². The van der Waals surface area contributed by atoms with Crippen LogP contribution in [0.15, 0.2) is 42.5 Å². The van der Waals surface area contributed by atoms with E-state index < -0.39 is 0 Å². The minimum absolute atomic E-state index is 0.168. The van der Waals surface area contributed by atoms with Crippen molar-refractivity contribution >= 4 is 17.5 Å². The topological polar surface area (TPSA) is 79.9 Å². The van der Waals surface area contributed by atoms with Gasteiger partial charge in [-0.05, 0) is 43.8 Å². The van der Waals surface area contributed by atoms with Gasteiger partial charge in [0.2, 0.25) is 5.91 Å². The van der Waals surface area contributed by atoms with Gasteiger partial charge in [0.1, 0.15) is 6.61 Å². The summed E-state index contributed by atoms with van der Waals surface area (Å²) < 4.78 is 11.2. The number of ether oxygens (including phenoxy) is 2. The summed E-state index contributed by atoms with van der Waals surface area (Å²) in [6.45, 7) is 9.64. The molecule has 0 fully saturated rings. The summed E-state index contributed by atoms with van der Waals surface area (Å²) in [7, 11) is 1.59. The highest BCUT2D eigenvalue weighted by molar-refractivity contribution is 5.96. The monoisotopic (exact) mass is 427 g/mol. The molecule has 0 aliphatic carbocycles. The molecule has 0 aromatic heterocycles. The average Bonchev–Trinajstić information content (AvgIpc) is 2.77. The van der Waals surface area contributed by atoms with Gasteiger partial charge < -0.3 is 25.0 Å². The zero-order valence-corrected chi connectivity index (χ0v) is 18.9. The molecule has 0 saturated heterocycles. The molecule has 0 bridgehead atoms. The van der Waals surface area contributed by atoms with E-state index >= 15 is 0 Å². The lowest BCUT2D eigenvalue weighted by molar-refractivity contribution is -0.116. The average molecular weight is 428 g/mol. The second kappa shape index (κ2) is 12.6. The van der Waals surface area contributed by atoms with Gasteiger partial charge in [0, 0.05) is 36.8 Å². The summed E-state index contributed by atoms with van der Waals surface area (Å²) in [5, 5.41) is 5.63. The van der Waals surface area contributed by atoms with Crippen molar-refractivity contribution in [2.24, 2.45) is 0 Å². The summed E-state index contributed by atoms with van der Waals surface area (Å²) >= 11 is 0. The molecule has 0 heterocycles. The first-order valence-electron chi connectivity index (χ1n) is 10.6. The number of anilines is 1. The van der Waals surface area contributed by atoms with Gasteiger partial charge in [-0.2, -0.15) is 0 Å². The number of nitrogens with zero attached hydrogens (tertiary/aromatic N) is 1. The number of rotatable bonds is 12. The maximum absolute atomic E-state index is 12.3. The second-order valence-electron chi connectivity index (χ2n) is 7.11. The first kappa shape index (κ1) is 24.2. The van der Waals surface area contributed by atoms with Crippen molar-refractivity contribution in [1.29, 1.82) is 0 Å². The Hall–Kier alpha value is -3.06. The van der Waals surface area contributed by atoms with Gasteiger partial charge in [0.25, 0.3) is 5.91 Å². The molecule has 2 amide bonds. The van der Waals surface area contributed by atoms with E-state index in [2.05, 4.69) is 29.4 Å². The number of hydrogen-bond donors (Lipinski definition) is 2. The number of likely N-dealkylation sites (N-methyl/N-ethyl adjacent to an activating group) is 1. The zero-order chi connectivity index (χ0) is 22.6. The van der Waals surface area contributed by atoms with Gasteiger partial charge in [-0.1, -0.05) is 32.0 Å². The van der Waals surface area contributed by atoms with Crippen molar-refractivity contribution in [3.63, 3.8) is 0 Å². The van der Waals surface area contributed by atoms with Crippen molar-refractivity contribution in [2.45, 2.75) is 27.2 Å². The number of carbonyl (C=O) groups excluding carboxylic acids is 2. The van der Waals surface area contributed by atoms with Crippen LogP contribution >= 0.6 is 0 Å². The Morgan fingerprint density at radius 2 is 1.77 bits per heavy atom. The highest BCUT2D eigenvalue weighted by atomic mass is 16.5. The van der Waals surface area contributed by atoms with Gasteiger partial charge >= 0.3 is 0 Å². The van der Waals surface area contributed by atoms with Crippen LogP contribution in [0.25, 0.3) is 0 Å². The lowest BCUT2D eigenvalue weighted by atomic mass is 10.1. The highest BCUT2D eigenvalue weighted by Gasteiger charge is 2.11. The van der Waals surface area contributed by atoms with E-state index in [0.717, 1.165) is 25.2 Å². The minimum Gasteiger partial charge on any atom is -0.493 e. The van der Waals surface area contributed by atoms with Crippen LogP contribution < -0.4 is 20.1 Å². The fourth-order valence-electron chi connectivity index (χ4n) is 3.13. The molecule has 7 nitrogen and oxygen atoms in total. The van der Waals surface area contributed by atoms with Crippen LogP contribution in [-0.2, 0) is 4.79 Å². The number of amides is 2. The van der Waals surface area contributed by atoms with E-state index in [1.54, 1.807) is 31.4 Å². The van der Waals surface area contributed by atoms with Crippen molar-refractivity contribution in [1.82, 2.24) is 10.2 Å². The fraction of sp³-hybridized carbons (Fsp3) is 0.417. The molecule has 0 radical (unpaired) electrons. The Morgan fingerprint density at radius 1 is 1.03 bits per heavy atom. The standard InChI is InChI=1S/C24H33N3O4/c1-5-27(6-2)15-16-31-22-17-19(11-12-21(22)30-4)26-23(28)13-14-25-24(29)20-10-8-7-9-18(20)3/h7-12,17H,5-6,13-16H2,1-4H3,(H,25,29)(H,26,28). The largest absolute Gasteiger partial charge is 0.493 e. The zero-order valence-electron chi connectivity index (χ0n) is 18.9. The Labute approximate surface area is 184 Å². The molecule has 2 aromatic carbocycles. The van der Waals surface area contributed by atoms with E-state index in [4.69, 9.17) is 9.47 Å². The molecule has 0 atom stereocenters. The van der Waals surface area contributed by atoms with Gasteiger partial charge in [-0.3, -0.25) is 9.59 Å². The number of carbonyl (C=O) groups is 2. The molecule has 0 spiro atoms. The Balaban J connectivity index is 1.86. The third kappa shape index (κ3) is 7.61. The number of benzene rings is 2. The summed E-state index contributed by atoms with van der Waals surface area (Å²) in [6, 6.07) is 12.6. The number of methoxy groups -OCH3 is 1. The summed E-state index contributed by atoms with van der Waals surface area (Å²) in [5.41, 5.74) is 2.13. The molecule has 2 N–H and O–H groups in total. The molecule has 0 unspecified atom stereocenters. The smallest absolute Gasteiger partial charge is 0.251 e. The Kier molecular flexibility index (Phi) is 9.84. The summed E-state index contributed by atoms with van der Waals surface area (Å²) in [5.74, 6) is 0.826. The van der Waals surface area contributed by atoms with Gasteiger partial charge in [-0.15, -0.1) is 0 Å². The van der Waals surface area contributed by atoms with E-state index in [1.165, 1.54) is 0 Å². The predicted molar refractivity (Wildman–Crippen MR) is 123 cm³/mol. The van der Waals surface area contributed by atoms with E-state index in [-0.39, 0.29) is 24.8 Å². The van der Waals surface area contributed by atoms with E-state index in [1.807, 2.05) is 25.1 Å². The SMILES string of the molecule is CCN(CC)CCOc1cc(NC(=O)CCNC(=O)c2ccccc2C)ccc1OC. The van der Waals surface area contributed by atoms with Crippen LogP contribution in [-0.4, -0.2) is 56.6 Å². The first-order chi connectivity index (χ1) is 15.0. The summed E-state index contributed by atoms with van der Waals surface area (Å²) in [6.07, 6.45) is 0.168. The van der Waals surface area contributed by atoms with Crippen molar-refractivity contribution in [3.8, 4) is 11.5 Å². The number of aryl methyl sites for hydroxylation is 1. The molecule has 2 aromatic rings. The minimum atomic E-state index is -0.190. The molecule has 31 heavy (non-hydrogen) atoms. The van der Waals surface area contributed by atoms with Crippen molar-refractivity contribution in [2.75, 3.05) is 45.2 Å². The molecule has 0 saturated carbocycles. The quantitative estimate of drug-likeness (QED) is 0.542. The Bertz CT molecular complexity index is 866. The van der Waals surface area contributed by atoms with Crippen LogP contribution in [0.4, 0.5) is 5.69 Å². The maximum atomic E-state index is 12.3. The predicted octanol–water partition coefficient (Wildman–Crippen LogP) is 3.48. The van der Waals surface area contributed by atoms with Gasteiger partial charge in [0.15, 0.2) is 11.5 Å². The van der Waals surface area contributed by atoms with Crippen LogP contribution in [0.2, 0.25) is 0 Å². The first-order valence-corrected chi connectivity index (χ1v) is 10.6. The third-order valence-electron chi connectivity index (χ3n) is 5.03. The van der Waals surface area contributed by atoms with Crippen molar-refractivity contribution < 1.29 is 19.1 Å². The van der Waals surface area contributed by atoms with Crippen LogP contribution in [0.1, 0.15) is 36.2 Å². The molecule has 0 aliphatic heterocycles. The molecule has 2 rings (SSSR count). The normalized spacial score (nSPS) is 10.6. The van der Waals surface area contributed by atoms with E-state index in [0.29, 0.717) is 29.4 Å².